The molecule has 7 nitrogen and oxygen atoms in total. The minimum atomic E-state index is -2.07. The van der Waals surface area contributed by atoms with Crippen molar-refractivity contribution < 1.29 is 29.6 Å². The van der Waals surface area contributed by atoms with Gasteiger partial charge in [-0.05, 0) is 60.5 Å². The standard InChI is InChI=1S/C25H35NO6/c1-12-10-24-13(2)8-17-18(23(17,3)4)16(20(24)29)9-14(11-27)19(28)25(24,31)21(12)32-22(30)26(5)15-6-7-15/h9-10,13,15-19,21,27-28,31H,6-8,11H2,1-5H3/t13-,16+,17-,18+,19-,21+,24+,25+/m1/s1. The van der Waals surface area contributed by atoms with Gasteiger partial charge in [0.05, 0.1) is 12.0 Å². The molecule has 7 heteroatoms. The van der Waals surface area contributed by atoms with E-state index < -0.39 is 41.8 Å². The van der Waals surface area contributed by atoms with Crippen LogP contribution in [0, 0.1) is 34.5 Å². The molecule has 5 rings (SSSR count). The molecule has 1 spiro atoms. The molecule has 1 amide bonds. The lowest BCUT2D eigenvalue weighted by Gasteiger charge is -2.48. The SMILES string of the molecule is CC1=C[C@]23C(=O)[C@@H](C=C(CO)[C@@H](O)[C@]2(O)[C@H]1OC(=O)N(C)C1CC1)[C@H]1[C@@H](C[C@H]3C)C1(C)C. The van der Waals surface area contributed by atoms with Gasteiger partial charge in [0.15, 0.2) is 17.5 Å². The van der Waals surface area contributed by atoms with Crippen LogP contribution < -0.4 is 0 Å². The van der Waals surface area contributed by atoms with Crippen molar-refractivity contribution in [2.24, 2.45) is 34.5 Å². The van der Waals surface area contributed by atoms with Crippen molar-refractivity contribution in [2.75, 3.05) is 13.7 Å². The summed E-state index contributed by atoms with van der Waals surface area (Å²) in [6.45, 7) is 7.55. The van der Waals surface area contributed by atoms with E-state index in [0.717, 1.165) is 19.3 Å². The number of ketones is 1. The third kappa shape index (κ3) is 2.53. The largest absolute Gasteiger partial charge is 0.438 e. The molecule has 0 aromatic heterocycles. The fraction of sp³-hybridized carbons (Fsp3) is 0.760. The van der Waals surface area contributed by atoms with Crippen molar-refractivity contribution in [1.82, 2.24) is 4.90 Å². The molecule has 8 atom stereocenters. The third-order valence-electron chi connectivity index (χ3n) is 9.50. The zero-order chi connectivity index (χ0) is 23.4. The lowest BCUT2D eigenvalue weighted by atomic mass is 9.59. The summed E-state index contributed by atoms with van der Waals surface area (Å²) >= 11 is 0. The quantitative estimate of drug-likeness (QED) is 0.574. The van der Waals surface area contributed by atoms with Crippen LogP contribution in [0.15, 0.2) is 23.3 Å². The molecule has 0 aliphatic heterocycles. The number of carbonyl (C=O) groups excluding carboxylic acids is 2. The second-order valence-corrected chi connectivity index (χ2v) is 11.5. The predicted octanol–water partition coefficient (Wildman–Crippen LogP) is 2.05. The zero-order valence-electron chi connectivity index (χ0n) is 19.5. The molecule has 0 unspecified atom stereocenters. The number of hydrogen-bond acceptors (Lipinski definition) is 6. The van der Waals surface area contributed by atoms with Crippen molar-refractivity contribution in [2.45, 2.75) is 70.8 Å². The summed E-state index contributed by atoms with van der Waals surface area (Å²) in [5, 5.41) is 33.9. The van der Waals surface area contributed by atoms with Gasteiger partial charge in [-0.2, -0.15) is 0 Å². The van der Waals surface area contributed by atoms with E-state index in [2.05, 4.69) is 13.8 Å². The Morgan fingerprint density at radius 2 is 1.97 bits per heavy atom. The van der Waals surface area contributed by atoms with Crippen LogP contribution in [0.3, 0.4) is 0 Å². The Kier molecular flexibility index (Phi) is 4.61. The Balaban J connectivity index is 1.63. The normalized spacial score (nSPS) is 46.2. The average Bonchev–Trinajstić information content (AvgIpc) is 3.64. The van der Waals surface area contributed by atoms with Crippen LogP contribution in [0.2, 0.25) is 0 Å². The van der Waals surface area contributed by atoms with Crippen LogP contribution in [-0.4, -0.2) is 69.6 Å². The monoisotopic (exact) mass is 445 g/mol. The first kappa shape index (κ1) is 22.1. The van der Waals surface area contributed by atoms with Gasteiger partial charge in [-0.1, -0.05) is 32.9 Å². The number of rotatable bonds is 3. The number of Topliss-reactive ketones (excluding diaryl/α,β-unsaturated/α-hetero) is 1. The van der Waals surface area contributed by atoms with Gasteiger partial charge >= 0.3 is 6.09 Å². The Morgan fingerprint density at radius 1 is 1.31 bits per heavy atom. The highest BCUT2D eigenvalue weighted by molar-refractivity contribution is 5.95. The number of carbonyl (C=O) groups is 2. The first-order chi connectivity index (χ1) is 14.9. The van der Waals surface area contributed by atoms with Gasteiger partial charge < -0.3 is 25.0 Å². The molecule has 5 aliphatic carbocycles. The van der Waals surface area contributed by atoms with Crippen molar-refractivity contribution in [1.29, 1.82) is 0 Å². The number of fused-ring (bicyclic) bond motifs is 3. The molecule has 5 aliphatic rings. The maximum absolute atomic E-state index is 14.2. The maximum atomic E-state index is 14.2. The van der Waals surface area contributed by atoms with Gasteiger partial charge in [0.2, 0.25) is 0 Å². The average molecular weight is 446 g/mol. The Labute approximate surface area is 189 Å². The predicted molar refractivity (Wildman–Crippen MR) is 116 cm³/mol. The molecule has 2 bridgehead atoms. The second-order valence-electron chi connectivity index (χ2n) is 11.5. The van der Waals surface area contributed by atoms with Gasteiger partial charge in [-0.15, -0.1) is 0 Å². The van der Waals surface area contributed by atoms with E-state index in [1.54, 1.807) is 26.1 Å². The number of hydrogen-bond donors (Lipinski definition) is 3. The van der Waals surface area contributed by atoms with Crippen LogP contribution >= 0.6 is 0 Å². The zero-order valence-corrected chi connectivity index (χ0v) is 19.5. The van der Waals surface area contributed by atoms with Crippen LogP contribution in [0.4, 0.5) is 4.79 Å². The molecule has 0 heterocycles. The number of ether oxygens (including phenoxy) is 1. The topological polar surface area (TPSA) is 107 Å². The van der Waals surface area contributed by atoms with E-state index in [9.17, 15) is 24.9 Å². The van der Waals surface area contributed by atoms with E-state index in [4.69, 9.17) is 4.74 Å². The number of nitrogens with zero attached hydrogens (tertiary/aromatic N) is 1. The fourth-order valence-electron chi connectivity index (χ4n) is 7.39. The lowest BCUT2D eigenvalue weighted by Crippen LogP contribution is -2.66. The summed E-state index contributed by atoms with van der Waals surface area (Å²) < 4.78 is 5.83. The Morgan fingerprint density at radius 3 is 2.56 bits per heavy atom. The van der Waals surface area contributed by atoms with Crippen LogP contribution in [0.5, 0.6) is 0 Å². The first-order valence-corrected chi connectivity index (χ1v) is 11.8. The summed E-state index contributed by atoms with van der Waals surface area (Å²) in [7, 11) is 1.67. The van der Waals surface area contributed by atoms with Crippen LogP contribution in [0.1, 0.15) is 47.0 Å². The van der Waals surface area contributed by atoms with Gasteiger partial charge in [-0.25, -0.2) is 4.79 Å². The van der Waals surface area contributed by atoms with E-state index in [-0.39, 0.29) is 34.6 Å². The fourth-order valence-corrected chi connectivity index (χ4v) is 7.39. The van der Waals surface area contributed by atoms with Gasteiger partial charge in [0.1, 0.15) is 6.10 Å². The Hall–Kier alpha value is -1.70. The van der Waals surface area contributed by atoms with Crippen molar-refractivity contribution in [3.63, 3.8) is 0 Å². The second kappa shape index (κ2) is 6.67. The summed E-state index contributed by atoms with van der Waals surface area (Å²) in [6, 6.07) is 0.126. The molecule has 0 radical (unpaired) electrons. The molecule has 3 N–H and O–H groups in total. The first-order valence-electron chi connectivity index (χ1n) is 11.8. The summed E-state index contributed by atoms with van der Waals surface area (Å²) in [6.07, 6.45) is 2.74. The summed E-state index contributed by atoms with van der Waals surface area (Å²) in [5.74, 6) is -0.484. The van der Waals surface area contributed by atoms with E-state index in [1.165, 1.54) is 4.90 Å². The highest BCUT2D eigenvalue weighted by atomic mass is 16.6. The molecule has 0 saturated heterocycles. The summed E-state index contributed by atoms with van der Waals surface area (Å²) in [5.41, 5.74) is -2.68. The van der Waals surface area contributed by atoms with E-state index >= 15 is 0 Å². The molecule has 0 aromatic carbocycles. The molecule has 32 heavy (non-hydrogen) atoms. The molecule has 3 fully saturated rings. The Bertz CT molecular complexity index is 935. The van der Waals surface area contributed by atoms with Crippen molar-refractivity contribution in [3.8, 4) is 0 Å². The number of amides is 1. The maximum Gasteiger partial charge on any atom is 0.410 e. The van der Waals surface area contributed by atoms with Crippen LogP contribution in [0.25, 0.3) is 0 Å². The summed E-state index contributed by atoms with van der Waals surface area (Å²) in [4.78, 5) is 28.6. The number of allylic oxidation sites excluding steroid dienone is 1. The smallest absolute Gasteiger partial charge is 0.410 e. The van der Waals surface area contributed by atoms with Gasteiger partial charge in [0.25, 0.3) is 0 Å². The molecule has 0 aromatic rings. The molecular weight excluding hydrogens is 410 g/mol. The third-order valence-corrected chi connectivity index (χ3v) is 9.50. The minimum absolute atomic E-state index is 0.0170. The van der Waals surface area contributed by atoms with E-state index in [1.807, 2.05) is 6.92 Å². The highest BCUT2D eigenvalue weighted by Gasteiger charge is 2.76. The lowest BCUT2D eigenvalue weighted by molar-refractivity contribution is -0.191. The van der Waals surface area contributed by atoms with Gasteiger partial charge in [0, 0.05) is 19.0 Å². The van der Waals surface area contributed by atoms with Crippen molar-refractivity contribution >= 4 is 11.9 Å². The molecular formula is C25H35NO6. The van der Waals surface area contributed by atoms with Gasteiger partial charge in [-0.3, -0.25) is 4.79 Å². The van der Waals surface area contributed by atoms with E-state index in [0.29, 0.717) is 11.5 Å². The highest BCUT2D eigenvalue weighted by Crippen LogP contribution is 2.71. The van der Waals surface area contributed by atoms with Crippen LogP contribution in [-0.2, 0) is 9.53 Å². The molecule has 176 valence electrons. The number of aliphatic hydroxyl groups excluding tert-OH is 2. The van der Waals surface area contributed by atoms with Crippen molar-refractivity contribution in [3.05, 3.63) is 23.3 Å². The molecule has 3 saturated carbocycles. The number of aliphatic hydroxyl groups is 3. The minimum Gasteiger partial charge on any atom is -0.438 e.